The molecule has 0 atom stereocenters. The van der Waals surface area contributed by atoms with Crippen molar-refractivity contribution in [3.63, 3.8) is 0 Å². The number of carbonyl (C=O) groups excluding carboxylic acids is 1. The lowest BCUT2D eigenvalue weighted by molar-refractivity contribution is -0.118. The highest BCUT2D eigenvalue weighted by molar-refractivity contribution is 8.03. The number of halogens is 2. The summed E-state index contributed by atoms with van der Waals surface area (Å²) in [4.78, 5) is 11.6. The molecule has 11 heteroatoms. The van der Waals surface area contributed by atoms with E-state index in [0.717, 1.165) is 20.7 Å². The Labute approximate surface area is 168 Å². The van der Waals surface area contributed by atoms with Gasteiger partial charge in [-0.1, -0.05) is 47.9 Å². The summed E-state index contributed by atoms with van der Waals surface area (Å²) >= 11 is 4.22. The van der Waals surface area contributed by atoms with Crippen LogP contribution in [0.3, 0.4) is 0 Å². The van der Waals surface area contributed by atoms with Gasteiger partial charge in [-0.3, -0.25) is 4.79 Å². The number of amides is 1. The van der Waals surface area contributed by atoms with Crippen LogP contribution >= 0.6 is 34.9 Å². The summed E-state index contributed by atoms with van der Waals surface area (Å²) in [5.74, 6) is 1.10. The van der Waals surface area contributed by atoms with E-state index in [1.807, 2.05) is 6.92 Å². The van der Waals surface area contributed by atoms with Crippen LogP contribution < -0.4 is 14.8 Å². The molecule has 1 heterocycles. The molecule has 1 aromatic carbocycles. The molecule has 2 aromatic rings. The van der Waals surface area contributed by atoms with Crippen LogP contribution in [0.15, 0.2) is 26.9 Å². The van der Waals surface area contributed by atoms with Gasteiger partial charge >= 0.3 is 6.61 Å². The molecule has 0 bridgehead atoms. The lowest BCUT2D eigenvalue weighted by atomic mass is 10.2. The Balaban J connectivity index is 1.86. The molecule has 0 saturated heterocycles. The first kappa shape index (κ1) is 21.7. The molecule has 0 aliphatic heterocycles. The minimum absolute atomic E-state index is 0.00259. The Hall–Kier alpha value is -1.59. The van der Waals surface area contributed by atoms with Gasteiger partial charge < -0.3 is 14.8 Å². The first-order chi connectivity index (χ1) is 13.0. The van der Waals surface area contributed by atoms with Gasteiger partial charge in [0.2, 0.25) is 5.91 Å². The van der Waals surface area contributed by atoms with E-state index < -0.39 is 6.61 Å². The normalized spacial score (nSPS) is 10.9. The number of aromatic nitrogens is 2. The third-order valence-electron chi connectivity index (χ3n) is 3.09. The van der Waals surface area contributed by atoms with E-state index in [0.29, 0.717) is 18.1 Å². The second kappa shape index (κ2) is 11.3. The highest BCUT2D eigenvalue weighted by Crippen LogP contribution is 2.34. The van der Waals surface area contributed by atoms with Gasteiger partial charge in [0, 0.05) is 12.3 Å². The molecule has 0 unspecified atom stereocenters. The van der Waals surface area contributed by atoms with Crippen molar-refractivity contribution in [1.29, 1.82) is 0 Å². The Kier molecular flexibility index (Phi) is 9.08. The average Bonchev–Trinajstić information content (AvgIpc) is 3.11. The van der Waals surface area contributed by atoms with Crippen molar-refractivity contribution >= 4 is 40.8 Å². The molecule has 0 saturated carbocycles. The lowest BCUT2D eigenvalue weighted by Crippen LogP contribution is -2.25. The number of methoxy groups -OCH3 is 1. The molecule has 0 spiro atoms. The number of hydrogen-bond donors (Lipinski definition) is 1. The van der Waals surface area contributed by atoms with Crippen molar-refractivity contribution in [2.45, 2.75) is 34.4 Å². The van der Waals surface area contributed by atoms with Gasteiger partial charge in [-0.2, -0.15) is 8.78 Å². The number of alkyl halides is 2. The number of ether oxygens (including phenoxy) is 2. The summed E-state index contributed by atoms with van der Waals surface area (Å²) in [6, 6.07) is 4.80. The molecule has 0 aliphatic rings. The number of rotatable bonds is 11. The lowest BCUT2D eigenvalue weighted by Gasteiger charge is -2.11. The van der Waals surface area contributed by atoms with Crippen LogP contribution in [0.2, 0.25) is 0 Å². The first-order valence-corrected chi connectivity index (χ1v) is 10.8. The second-order valence-electron chi connectivity index (χ2n) is 5.12. The summed E-state index contributed by atoms with van der Waals surface area (Å²) in [6.07, 6.45) is 0.899. The van der Waals surface area contributed by atoms with E-state index in [-0.39, 0.29) is 17.4 Å². The third kappa shape index (κ3) is 7.51. The fourth-order valence-electron chi connectivity index (χ4n) is 1.90. The summed E-state index contributed by atoms with van der Waals surface area (Å²) in [5, 5.41) is 11.0. The number of benzene rings is 1. The maximum atomic E-state index is 12.4. The topological polar surface area (TPSA) is 73.3 Å². The minimum atomic E-state index is -2.90. The van der Waals surface area contributed by atoms with Gasteiger partial charge in [-0.15, -0.1) is 10.2 Å². The maximum Gasteiger partial charge on any atom is 0.387 e. The molecule has 27 heavy (non-hydrogen) atoms. The molecular weight excluding hydrogens is 416 g/mol. The second-order valence-corrected chi connectivity index (χ2v) is 8.55. The maximum absolute atomic E-state index is 12.4. The van der Waals surface area contributed by atoms with Crippen molar-refractivity contribution < 1.29 is 23.0 Å². The predicted molar refractivity (Wildman–Crippen MR) is 103 cm³/mol. The van der Waals surface area contributed by atoms with Crippen molar-refractivity contribution in [2.24, 2.45) is 0 Å². The molecule has 6 nitrogen and oxygen atoms in total. The Morgan fingerprint density at radius 3 is 2.67 bits per heavy atom. The molecule has 148 valence electrons. The van der Waals surface area contributed by atoms with Crippen molar-refractivity contribution in [3.05, 3.63) is 23.8 Å². The van der Waals surface area contributed by atoms with E-state index in [1.54, 1.807) is 12.1 Å². The summed E-state index contributed by atoms with van der Waals surface area (Å²) in [5.41, 5.74) is 0.877. The minimum Gasteiger partial charge on any atom is -0.493 e. The zero-order valence-electron chi connectivity index (χ0n) is 14.7. The number of nitrogens with zero attached hydrogens (tertiary/aromatic N) is 2. The van der Waals surface area contributed by atoms with Crippen LogP contribution in [0.25, 0.3) is 0 Å². The monoisotopic (exact) mass is 435 g/mol. The Morgan fingerprint density at radius 2 is 2.00 bits per heavy atom. The van der Waals surface area contributed by atoms with Crippen LogP contribution in [-0.4, -0.2) is 42.1 Å². The average molecular weight is 436 g/mol. The van der Waals surface area contributed by atoms with E-state index in [1.165, 1.54) is 48.0 Å². The molecule has 2 rings (SSSR count). The van der Waals surface area contributed by atoms with Gasteiger partial charge in [0.25, 0.3) is 0 Å². The summed E-state index contributed by atoms with van der Waals surface area (Å²) < 4.78 is 35.7. The fraction of sp³-hybridized carbons (Fsp3) is 0.438. The SMILES string of the molecule is CCCNC(=O)CSc1nnc(SCc2ccc(OC(F)F)c(OC)c2)s1. The van der Waals surface area contributed by atoms with Crippen LogP contribution in [0.1, 0.15) is 18.9 Å². The number of carbonyl (C=O) groups is 1. The van der Waals surface area contributed by atoms with Gasteiger partial charge in [0.15, 0.2) is 20.2 Å². The largest absolute Gasteiger partial charge is 0.493 e. The summed E-state index contributed by atoms with van der Waals surface area (Å²) in [6.45, 7) is -0.238. The first-order valence-electron chi connectivity index (χ1n) is 7.99. The molecule has 1 amide bonds. The molecule has 0 radical (unpaired) electrons. The predicted octanol–water partition coefficient (Wildman–Crippen LogP) is 4.06. The molecule has 0 fully saturated rings. The zero-order chi connectivity index (χ0) is 19.6. The van der Waals surface area contributed by atoms with Gasteiger partial charge in [-0.25, -0.2) is 0 Å². The van der Waals surface area contributed by atoms with Crippen molar-refractivity contribution in [2.75, 3.05) is 19.4 Å². The van der Waals surface area contributed by atoms with Crippen LogP contribution in [0.4, 0.5) is 8.78 Å². The van der Waals surface area contributed by atoms with Crippen LogP contribution in [-0.2, 0) is 10.5 Å². The standard InChI is InChI=1S/C16H19F2N3O3S3/c1-3-6-19-13(22)9-26-16-21-20-15(27-16)25-8-10-4-5-11(24-14(17)18)12(7-10)23-2/h4-5,7,14H,3,6,8-9H2,1-2H3,(H,19,22). The number of nitrogens with one attached hydrogen (secondary N) is 1. The molecule has 1 aromatic heterocycles. The van der Waals surface area contributed by atoms with Crippen molar-refractivity contribution in [3.8, 4) is 11.5 Å². The number of thioether (sulfide) groups is 2. The Bertz CT molecular complexity index is 747. The summed E-state index contributed by atoms with van der Waals surface area (Å²) in [7, 11) is 1.40. The van der Waals surface area contributed by atoms with E-state index in [9.17, 15) is 13.6 Å². The van der Waals surface area contributed by atoms with E-state index >= 15 is 0 Å². The highest BCUT2D eigenvalue weighted by atomic mass is 32.2. The number of hydrogen-bond acceptors (Lipinski definition) is 8. The van der Waals surface area contributed by atoms with Crippen LogP contribution in [0.5, 0.6) is 11.5 Å². The van der Waals surface area contributed by atoms with Gasteiger partial charge in [0.05, 0.1) is 12.9 Å². The van der Waals surface area contributed by atoms with Crippen LogP contribution in [0, 0.1) is 0 Å². The Morgan fingerprint density at radius 1 is 1.26 bits per heavy atom. The smallest absolute Gasteiger partial charge is 0.387 e. The zero-order valence-corrected chi connectivity index (χ0v) is 17.2. The fourth-order valence-corrected chi connectivity index (χ4v) is 4.69. The van der Waals surface area contributed by atoms with E-state index in [4.69, 9.17) is 4.74 Å². The van der Waals surface area contributed by atoms with Gasteiger partial charge in [0.1, 0.15) is 0 Å². The van der Waals surface area contributed by atoms with E-state index in [2.05, 4.69) is 20.3 Å². The molecular formula is C16H19F2N3O3S3. The van der Waals surface area contributed by atoms with Gasteiger partial charge in [-0.05, 0) is 24.1 Å². The third-order valence-corrected chi connectivity index (χ3v) is 6.35. The molecule has 0 aliphatic carbocycles. The highest BCUT2D eigenvalue weighted by Gasteiger charge is 2.12. The quantitative estimate of drug-likeness (QED) is 0.534. The van der Waals surface area contributed by atoms with Crippen molar-refractivity contribution in [1.82, 2.24) is 15.5 Å². The molecule has 1 N–H and O–H groups in total.